The van der Waals surface area contributed by atoms with Crippen molar-refractivity contribution < 1.29 is 26.4 Å². The van der Waals surface area contributed by atoms with E-state index in [1.54, 1.807) is 0 Å². The van der Waals surface area contributed by atoms with Gasteiger partial charge in [-0.15, -0.1) is 0 Å². The highest BCUT2D eigenvalue weighted by molar-refractivity contribution is 7.92. The summed E-state index contributed by atoms with van der Waals surface area (Å²) in [6.45, 7) is -0.483. The predicted octanol–water partition coefficient (Wildman–Crippen LogP) is 2.77. The minimum Gasteiger partial charge on any atom is -0.326 e. The van der Waals surface area contributed by atoms with Crippen LogP contribution in [0.3, 0.4) is 0 Å². The molecule has 1 N–H and O–H groups in total. The summed E-state index contributed by atoms with van der Waals surface area (Å²) in [5, 5.41) is 11.2. The molecule has 0 heterocycles. The number of nitrogens with zero attached hydrogens (tertiary/aromatic N) is 2. The van der Waals surface area contributed by atoms with Gasteiger partial charge in [0.2, 0.25) is 15.9 Å². The number of benzene rings is 2. The van der Waals surface area contributed by atoms with Crippen molar-refractivity contribution in [3.63, 3.8) is 0 Å². The molecule has 0 unspecified atom stereocenters. The van der Waals surface area contributed by atoms with Crippen LogP contribution in [-0.2, 0) is 14.8 Å². The Kier molecular flexibility index (Phi) is 6.07. The van der Waals surface area contributed by atoms with E-state index in [0.717, 1.165) is 12.3 Å². The minimum absolute atomic E-state index is 0.370. The highest BCUT2D eigenvalue weighted by atomic mass is 32.2. The molecule has 6 nitrogen and oxygen atoms in total. The number of nitriles is 1. The zero-order valence-corrected chi connectivity index (χ0v) is 14.9. The van der Waals surface area contributed by atoms with E-state index in [0.29, 0.717) is 21.6 Å². The number of anilines is 2. The zero-order valence-electron chi connectivity index (χ0n) is 14.0. The molecule has 0 atom stereocenters. The summed E-state index contributed by atoms with van der Waals surface area (Å²) in [6, 6.07) is 9.24. The first kappa shape index (κ1) is 20.3. The van der Waals surface area contributed by atoms with Crippen LogP contribution in [-0.4, -0.2) is 27.1 Å². The number of rotatable bonds is 6. The number of carbonyl (C=O) groups is 1. The second-order valence-electron chi connectivity index (χ2n) is 5.52. The fraction of sp³-hybridized carbons (Fsp3) is 0.176. The van der Waals surface area contributed by atoms with Crippen molar-refractivity contribution in [1.29, 1.82) is 5.26 Å². The van der Waals surface area contributed by atoms with Crippen molar-refractivity contribution in [3.8, 4) is 6.07 Å². The van der Waals surface area contributed by atoms with Gasteiger partial charge in [-0.2, -0.15) is 5.26 Å². The number of nitrogens with one attached hydrogen (secondary N) is 1. The standard InChI is InChI=1S/C17H14F3N3O3S/c1-27(25,26)23(14-7-6-13(18)16(19)17(14)20)9-8-15(24)22-12-4-2-11(10-21)3-5-12/h2-7H,8-9H2,1H3,(H,22,24). The summed E-state index contributed by atoms with van der Waals surface area (Å²) in [5.41, 5.74) is 0.0801. The highest BCUT2D eigenvalue weighted by Gasteiger charge is 2.25. The van der Waals surface area contributed by atoms with Crippen molar-refractivity contribution in [1.82, 2.24) is 0 Å². The Labute approximate surface area is 153 Å². The lowest BCUT2D eigenvalue weighted by atomic mass is 10.2. The summed E-state index contributed by atoms with van der Waals surface area (Å²) in [7, 11) is -4.06. The molecule has 0 aliphatic carbocycles. The molecule has 0 aliphatic heterocycles. The van der Waals surface area contributed by atoms with Gasteiger partial charge in [0.05, 0.1) is 23.6 Å². The van der Waals surface area contributed by atoms with E-state index in [4.69, 9.17) is 5.26 Å². The number of sulfonamides is 1. The van der Waals surface area contributed by atoms with Crippen LogP contribution >= 0.6 is 0 Å². The average molecular weight is 397 g/mol. The normalized spacial score (nSPS) is 10.9. The molecular weight excluding hydrogens is 383 g/mol. The van der Waals surface area contributed by atoms with Crippen LogP contribution in [0.15, 0.2) is 36.4 Å². The predicted molar refractivity (Wildman–Crippen MR) is 92.9 cm³/mol. The lowest BCUT2D eigenvalue weighted by Crippen LogP contribution is -2.34. The second kappa shape index (κ2) is 8.09. The Morgan fingerprint density at radius 3 is 2.30 bits per heavy atom. The number of carbonyl (C=O) groups excluding carboxylic acids is 1. The first-order chi connectivity index (χ1) is 12.6. The molecule has 0 saturated heterocycles. The number of hydrogen-bond acceptors (Lipinski definition) is 4. The van der Waals surface area contributed by atoms with Crippen LogP contribution in [0.2, 0.25) is 0 Å². The third-order valence-electron chi connectivity index (χ3n) is 3.52. The van der Waals surface area contributed by atoms with Gasteiger partial charge in [-0.25, -0.2) is 21.6 Å². The lowest BCUT2D eigenvalue weighted by Gasteiger charge is -2.22. The van der Waals surface area contributed by atoms with E-state index in [-0.39, 0.29) is 6.42 Å². The van der Waals surface area contributed by atoms with E-state index in [9.17, 15) is 26.4 Å². The number of hydrogen-bond donors (Lipinski definition) is 1. The van der Waals surface area contributed by atoms with Crippen molar-refractivity contribution in [2.75, 3.05) is 22.4 Å². The Hall–Kier alpha value is -3.06. The summed E-state index contributed by atoms with van der Waals surface area (Å²) in [4.78, 5) is 12.0. The van der Waals surface area contributed by atoms with Gasteiger partial charge < -0.3 is 5.32 Å². The molecule has 0 aliphatic rings. The second-order valence-corrected chi connectivity index (χ2v) is 7.42. The van der Waals surface area contributed by atoms with Gasteiger partial charge in [0.25, 0.3) is 0 Å². The zero-order chi connectivity index (χ0) is 20.2. The summed E-state index contributed by atoms with van der Waals surface area (Å²) in [5.74, 6) is -5.50. The molecule has 2 aromatic rings. The van der Waals surface area contributed by atoms with Crippen LogP contribution in [0.5, 0.6) is 0 Å². The molecule has 0 spiro atoms. The van der Waals surface area contributed by atoms with Gasteiger partial charge in [0.15, 0.2) is 17.5 Å². The van der Waals surface area contributed by atoms with Gasteiger partial charge in [-0.3, -0.25) is 9.10 Å². The van der Waals surface area contributed by atoms with Gasteiger partial charge in [-0.05, 0) is 36.4 Å². The molecule has 10 heteroatoms. The summed E-state index contributed by atoms with van der Waals surface area (Å²) < 4.78 is 64.7. The smallest absolute Gasteiger partial charge is 0.232 e. The maximum absolute atomic E-state index is 13.9. The molecule has 2 rings (SSSR count). The Bertz CT molecular complexity index is 1000. The van der Waals surface area contributed by atoms with Crippen molar-refractivity contribution >= 4 is 27.3 Å². The summed E-state index contributed by atoms with van der Waals surface area (Å²) in [6.07, 6.45) is 0.387. The topological polar surface area (TPSA) is 90.3 Å². The first-order valence-corrected chi connectivity index (χ1v) is 9.39. The lowest BCUT2D eigenvalue weighted by molar-refractivity contribution is -0.116. The average Bonchev–Trinajstić information content (AvgIpc) is 2.61. The van der Waals surface area contributed by atoms with E-state index in [1.807, 2.05) is 6.07 Å². The Balaban J connectivity index is 2.14. The Morgan fingerprint density at radius 1 is 1.11 bits per heavy atom. The molecule has 1 amide bonds. The Morgan fingerprint density at radius 2 is 1.74 bits per heavy atom. The number of halogens is 3. The van der Waals surface area contributed by atoms with Gasteiger partial charge in [0.1, 0.15) is 0 Å². The SMILES string of the molecule is CS(=O)(=O)N(CCC(=O)Nc1ccc(C#N)cc1)c1ccc(F)c(F)c1F. The van der Waals surface area contributed by atoms with Crippen molar-refractivity contribution in [3.05, 3.63) is 59.4 Å². The molecule has 142 valence electrons. The maximum Gasteiger partial charge on any atom is 0.232 e. The quantitative estimate of drug-likeness (QED) is 0.759. The van der Waals surface area contributed by atoms with E-state index in [1.165, 1.54) is 24.3 Å². The highest BCUT2D eigenvalue weighted by Crippen LogP contribution is 2.25. The largest absolute Gasteiger partial charge is 0.326 e. The fourth-order valence-corrected chi connectivity index (χ4v) is 3.15. The first-order valence-electron chi connectivity index (χ1n) is 7.54. The van der Waals surface area contributed by atoms with Crippen LogP contribution in [0.1, 0.15) is 12.0 Å². The monoisotopic (exact) mass is 397 g/mol. The third kappa shape index (κ3) is 4.98. The molecule has 0 radical (unpaired) electrons. The maximum atomic E-state index is 13.9. The van der Waals surface area contributed by atoms with Crippen molar-refractivity contribution in [2.24, 2.45) is 0 Å². The fourth-order valence-electron chi connectivity index (χ4n) is 2.23. The summed E-state index contributed by atoms with van der Waals surface area (Å²) >= 11 is 0. The molecule has 27 heavy (non-hydrogen) atoms. The molecule has 0 aromatic heterocycles. The molecular formula is C17H14F3N3O3S. The van der Waals surface area contributed by atoms with Crippen LogP contribution in [0.4, 0.5) is 24.5 Å². The minimum atomic E-state index is -4.06. The van der Waals surface area contributed by atoms with Gasteiger partial charge in [-0.1, -0.05) is 0 Å². The molecule has 0 fully saturated rings. The molecule has 2 aromatic carbocycles. The van der Waals surface area contributed by atoms with Crippen molar-refractivity contribution in [2.45, 2.75) is 6.42 Å². The van der Waals surface area contributed by atoms with E-state index in [2.05, 4.69) is 5.32 Å². The van der Waals surface area contributed by atoms with Gasteiger partial charge >= 0.3 is 0 Å². The third-order valence-corrected chi connectivity index (χ3v) is 4.70. The molecule has 0 saturated carbocycles. The van der Waals surface area contributed by atoms with E-state index < -0.39 is 45.6 Å². The van der Waals surface area contributed by atoms with Crippen LogP contribution in [0, 0.1) is 28.8 Å². The van der Waals surface area contributed by atoms with Gasteiger partial charge in [0, 0.05) is 18.7 Å². The molecule has 0 bridgehead atoms. The number of amides is 1. The van der Waals surface area contributed by atoms with Crippen LogP contribution < -0.4 is 9.62 Å². The van der Waals surface area contributed by atoms with E-state index >= 15 is 0 Å². The van der Waals surface area contributed by atoms with Crippen LogP contribution in [0.25, 0.3) is 0 Å².